The van der Waals surface area contributed by atoms with Crippen molar-refractivity contribution in [1.29, 1.82) is 0 Å². The number of hydrogen-bond acceptors (Lipinski definition) is 6. The van der Waals surface area contributed by atoms with Crippen LogP contribution in [0.3, 0.4) is 0 Å². The van der Waals surface area contributed by atoms with Gasteiger partial charge in [0.05, 0.1) is 18.6 Å². The summed E-state index contributed by atoms with van der Waals surface area (Å²) in [6, 6.07) is 10.6. The van der Waals surface area contributed by atoms with E-state index in [0.717, 1.165) is 0 Å². The van der Waals surface area contributed by atoms with E-state index < -0.39 is 16.6 Å². The standard InChI is InChI=1S/C23H26F2N2O6S/c1-3-32-18-6-8-19(9-7-18)34(29,30)27-14-12-26(13-15-27)22(28)11-5-17-4-10-20(33-23(24)25)21(16-17)31-2/h4-11,16,23H,3,12-15H2,1-2H3. The van der Waals surface area contributed by atoms with Crippen molar-refractivity contribution in [1.82, 2.24) is 9.21 Å². The lowest BCUT2D eigenvalue weighted by molar-refractivity contribution is -0.127. The lowest BCUT2D eigenvalue weighted by atomic mass is 10.2. The van der Waals surface area contributed by atoms with Gasteiger partial charge in [-0.1, -0.05) is 6.07 Å². The number of amides is 1. The normalized spacial score (nSPS) is 15.0. The molecule has 11 heteroatoms. The quantitative estimate of drug-likeness (QED) is 0.496. The SMILES string of the molecule is CCOc1ccc(S(=O)(=O)N2CCN(C(=O)C=Cc3ccc(OC(F)F)c(OC)c3)CC2)cc1. The van der Waals surface area contributed by atoms with Crippen LogP contribution in [0.25, 0.3) is 6.08 Å². The Balaban J connectivity index is 1.59. The van der Waals surface area contributed by atoms with E-state index in [1.807, 2.05) is 6.92 Å². The van der Waals surface area contributed by atoms with E-state index in [1.165, 1.54) is 53.9 Å². The summed E-state index contributed by atoms with van der Waals surface area (Å²) in [5, 5.41) is 0. The van der Waals surface area contributed by atoms with Gasteiger partial charge in [0.2, 0.25) is 15.9 Å². The molecule has 2 aromatic carbocycles. The van der Waals surface area contributed by atoms with E-state index >= 15 is 0 Å². The molecule has 0 spiro atoms. The van der Waals surface area contributed by atoms with Crippen molar-refractivity contribution in [3.63, 3.8) is 0 Å². The average molecular weight is 497 g/mol. The molecule has 1 saturated heterocycles. The van der Waals surface area contributed by atoms with Crippen LogP contribution in [-0.4, -0.2) is 70.0 Å². The molecule has 2 aromatic rings. The second-order valence-electron chi connectivity index (χ2n) is 7.26. The van der Waals surface area contributed by atoms with Crippen LogP contribution >= 0.6 is 0 Å². The monoisotopic (exact) mass is 496 g/mol. The second kappa shape index (κ2) is 11.3. The van der Waals surface area contributed by atoms with Crippen molar-refractivity contribution in [2.75, 3.05) is 39.9 Å². The molecule has 0 bridgehead atoms. The highest BCUT2D eigenvalue weighted by Gasteiger charge is 2.29. The molecule has 0 aromatic heterocycles. The summed E-state index contributed by atoms with van der Waals surface area (Å²) < 4.78 is 66.8. The van der Waals surface area contributed by atoms with Crippen LogP contribution in [0.5, 0.6) is 17.2 Å². The molecule has 0 aliphatic carbocycles. The van der Waals surface area contributed by atoms with Crippen LogP contribution in [0.1, 0.15) is 12.5 Å². The summed E-state index contributed by atoms with van der Waals surface area (Å²) >= 11 is 0. The summed E-state index contributed by atoms with van der Waals surface area (Å²) in [6.07, 6.45) is 2.87. The van der Waals surface area contributed by atoms with Crippen molar-refractivity contribution in [2.24, 2.45) is 0 Å². The summed E-state index contributed by atoms with van der Waals surface area (Å²) in [4.78, 5) is 14.3. The predicted molar refractivity (Wildman–Crippen MR) is 122 cm³/mol. The van der Waals surface area contributed by atoms with E-state index in [4.69, 9.17) is 9.47 Å². The molecule has 1 fully saturated rings. The second-order valence-corrected chi connectivity index (χ2v) is 9.19. The van der Waals surface area contributed by atoms with Gasteiger partial charge in [-0.15, -0.1) is 0 Å². The Labute approximate surface area is 197 Å². The largest absolute Gasteiger partial charge is 0.494 e. The van der Waals surface area contributed by atoms with Gasteiger partial charge in [0.15, 0.2) is 11.5 Å². The van der Waals surface area contributed by atoms with E-state index in [-0.39, 0.29) is 48.5 Å². The third-order valence-electron chi connectivity index (χ3n) is 5.14. The van der Waals surface area contributed by atoms with Crippen LogP contribution in [-0.2, 0) is 14.8 Å². The number of sulfonamides is 1. The van der Waals surface area contributed by atoms with Crippen molar-refractivity contribution in [2.45, 2.75) is 18.4 Å². The molecular weight excluding hydrogens is 470 g/mol. The molecule has 1 aliphatic heterocycles. The van der Waals surface area contributed by atoms with Crippen molar-refractivity contribution < 1.29 is 36.2 Å². The van der Waals surface area contributed by atoms with Gasteiger partial charge in [-0.2, -0.15) is 13.1 Å². The number of ether oxygens (including phenoxy) is 3. The first-order valence-electron chi connectivity index (χ1n) is 10.6. The van der Waals surface area contributed by atoms with Gasteiger partial charge < -0.3 is 19.1 Å². The molecule has 1 amide bonds. The summed E-state index contributed by atoms with van der Waals surface area (Å²) in [7, 11) is -2.35. The van der Waals surface area contributed by atoms with Gasteiger partial charge in [0.1, 0.15) is 5.75 Å². The van der Waals surface area contributed by atoms with Crippen LogP contribution in [0, 0.1) is 0 Å². The number of carbonyl (C=O) groups is 1. The summed E-state index contributed by atoms with van der Waals surface area (Å²) in [5.74, 6) is 0.316. The Morgan fingerprint density at radius 1 is 1.06 bits per heavy atom. The fourth-order valence-electron chi connectivity index (χ4n) is 3.43. The molecule has 0 atom stereocenters. The van der Waals surface area contributed by atoms with Gasteiger partial charge >= 0.3 is 6.61 Å². The molecule has 184 valence electrons. The minimum absolute atomic E-state index is 0.106. The number of carbonyl (C=O) groups excluding carboxylic acids is 1. The Bertz CT molecular complexity index is 1110. The van der Waals surface area contributed by atoms with Crippen molar-refractivity contribution >= 4 is 22.0 Å². The minimum Gasteiger partial charge on any atom is -0.494 e. The molecular formula is C23H26F2N2O6S. The highest BCUT2D eigenvalue weighted by molar-refractivity contribution is 7.89. The van der Waals surface area contributed by atoms with Crippen molar-refractivity contribution in [3.8, 4) is 17.2 Å². The molecule has 0 saturated carbocycles. The van der Waals surface area contributed by atoms with Crippen LogP contribution < -0.4 is 14.2 Å². The topological polar surface area (TPSA) is 85.4 Å². The van der Waals surface area contributed by atoms with Crippen molar-refractivity contribution in [3.05, 3.63) is 54.1 Å². The number of hydrogen-bond donors (Lipinski definition) is 0. The maximum absolute atomic E-state index is 12.9. The summed E-state index contributed by atoms with van der Waals surface area (Å²) in [5.41, 5.74) is 0.559. The first-order chi connectivity index (χ1) is 16.2. The van der Waals surface area contributed by atoms with Gasteiger partial charge in [0.25, 0.3) is 0 Å². The molecule has 8 nitrogen and oxygen atoms in total. The zero-order chi connectivity index (χ0) is 24.7. The number of piperazine rings is 1. The predicted octanol–water partition coefficient (Wildman–Crippen LogP) is 3.24. The maximum Gasteiger partial charge on any atom is 0.387 e. The van der Waals surface area contributed by atoms with Crippen LogP contribution in [0.2, 0.25) is 0 Å². The Morgan fingerprint density at radius 2 is 1.74 bits per heavy atom. The Kier molecular flexibility index (Phi) is 8.46. The van der Waals surface area contributed by atoms with Gasteiger partial charge in [-0.25, -0.2) is 8.42 Å². The lowest BCUT2D eigenvalue weighted by Gasteiger charge is -2.33. The van der Waals surface area contributed by atoms with Crippen LogP contribution in [0.4, 0.5) is 8.78 Å². The van der Waals surface area contributed by atoms with E-state index in [2.05, 4.69) is 4.74 Å². The molecule has 0 N–H and O–H groups in total. The van der Waals surface area contributed by atoms with Crippen LogP contribution in [0.15, 0.2) is 53.4 Å². The first-order valence-corrected chi connectivity index (χ1v) is 12.0. The molecule has 34 heavy (non-hydrogen) atoms. The van der Waals surface area contributed by atoms with Gasteiger partial charge in [-0.05, 0) is 55.0 Å². The molecule has 3 rings (SSSR count). The number of halogens is 2. The molecule has 0 unspecified atom stereocenters. The van der Waals surface area contributed by atoms with Gasteiger partial charge in [-0.3, -0.25) is 4.79 Å². The Hall–Kier alpha value is -3.18. The minimum atomic E-state index is -3.68. The molecule has 1 heterocycles. The highest BCUT2D eigenvalue weighted by Crippen LogP contribution is 2.30. The molecule has 0 radical (unpaired) electrons. The maximum atomic E-state index is 12.9. The smallest absolute Gasteiger partial charge is 0.387 e. The zero-order valence-corrected chi connectivity index (χ0v) is 19.6. The van der Waals surface area contributed by atoms with Gasteiger partial charge in [0, 0.05) is 32.3 Å². The zero-order valence-electron chi connectivity index (χ0n) is 18.8. The Morgan fingerprint density at radius 3 is 2.32 bits per heavy atom. The third-order valence-corrected chi connectivity index (χ3v) is 7.06. The fourth-order valence-corrected chi connectivity index (χ4v) is 4.85. The van der Waals surface area contributed by atoms with E-state index in [1.54, 1.807) is 17.0 Å². The average Bonchev–Trinajstić information content (AvgIpc) is 2.83. The summed E-state index contributed by atoms with van der Waals surface area (Å²) in [6.45, 7) is 0.175. The number of alkyl halides is 2. The molecule has 1 aliphatic rings. The lowest BCUT2D eigenvalue weighted by Crippen LogP contribution is -2.50. The van der Waals surface area contributed by atoms with E-state index in [9.17, 15) is 22.0 Å². The third kappa shape index (κ3) is 6.23. The number of nitrogens with zero attached hydrogens (tertiary/aromatic N) is 2. The highest BCUT2D eigenvalue weighted by atomic mass is 32.2. The fraction of sp³-hybridized carbons (Fsp3) is 0.348. The number of benzene rings is 2. The number of rotatable bonds is 9. The number of methoxy groups -OCH3 is 1. The first kappa shape index (κ1) is 25.4. The van der Waals surface area contributed by atoms with E-state index in [0.29, 0.717) is 17.9 Å².